The average molecular weight is 394 g/mol. The summed E-state index contributed by atoms with van der Waals surface area (Å²) in [7, 11) is -2.77. The molecule has 0 spiro atoms. The molecule has 0 atom stereocenters. The molecule has 0 aliphatic heterocycles. The molecule has 146 valence electrons. The minimum absolute atomic E-state index is 0.0622. The Hall–Kier alpha value is -2.46. The van der Waals surface area contributed by atoms with Crippen LogP contribution in [0.1, 0.15) is 10.4 Å². The van der Waals surface area contributed by atoms with E-state index in [2.05, 4.69) is 5.32 Å². The second-order valence-corrected chi connectivity index (χ2v) is 7.44. The molecule has 0 aliphatic carbocycles. The summed E-state index contributed by atoms with van der Waals surface area (Å²) in [6.07, 6.45) is 0. The van der Waals surface area contributed by atoms with Crippen LogP contribution in [0.4, 0.5) is 5.69 Å². The highest BCUT2D eigenvalue weighted by molar-refractivity contribution is 7.89. The van der Waals surface area contributed by atoms with E-state index in [0.717, 1.165) is 4.31 Å². The van der Waals surface area contributed by atoms with Gasteiger partial charge in [0.25, 0.3) is 5.91 Å². The van der Waals surface area contributed by atoms with E-state index in [4.69, 9.17) is 14.9 Å². The highest BCUT2D eigenvalue weighted by Crippen LogP contribution is 2.28. The lowest BCUT2D eigenvalue weighted by Gasteiger charge is -2.22. The van der Waals surface area contributed by atoms with E-state index in [-0.39, 0.29) is 29.3 Å². The fourth-order valence-corrected chi connectivity index (χ4v) is 4.06. The van der Waals surface area contributed by atoms with Gasteiger partial charge < -0.3 is 20.3 Å². The fraction of sp³-hybridized carbons (Fsp3) is 0.278. The molecule has 0 unspecified atom stereocenters. The van der Waals surface area contributed by atoms with Gasteiger partial charge in [-0.05, 0) is 30.3 Å². The van der Waals surface area contributed by atoms with Crippen LogP contribution < -0.4 is 10.1 Å². The number of benzene rings is 2. The fourth-order valence-electron chi connectivity index (χ4n) is 2.46. The minimum Gasteiger partial charge on any atom is -0.495 e. The number of ether oxygens (including phenoxy) is 1. The van der Waals surface area contributed by atoms with Crippen LogP contribution in [0.25, 0.3) is 0 Å². The first-order chi connectivity index (χ1) is 12.9. The van der Waals surface area contributed by atoms with Crippen molar-refractivity contribution in [3.05, 3.63) is 54.1 Å². The molecule has 0 saturated carbocycles. The van der Waals surface area contributed by atoms with Gasteiger partial charge in [0.15, 0.2) is 0 Å². The molecule has 0 saturated heterocycles. The van der Waals surface area contributed by atoms with Crippen LogP contribution in [0, 0.1) is 0 Å². The Morgan fingerprint density at radius 1 is 1.07 bits per heavy atom. The van der Waals surface area contributed by atoms with Gasteiger partial charge >= 0.3 is 0 Å². The molecule has 2 aromatic rings. The SMILES string of the molecule is COc1ccc(C(=O)Nc2ccccc2)cc1S(=O)(=O)N(CCO)CCO. The number of anilines is 1. The zero-order valence-corrected chi connectivity index (χ0v) is 15.6. The maximum absolute atomic E-state index is 12.9. The number of amides is 1. The number of rotatable bonds is 9. The van der Waals surface area contributed by atoms with Crippen molar-refractivity contribution in [2.75, 3.05) is 38.7 Å². The van der Waals surface area contributed by atoms with Crippen molar-refractivity contribution >= 4 is 21.6 Å². The van der Waals surface area contributed by atoms with Gasteiger partial charge in [0, 0.05) is 24.3 Å². The molecule has 9 heteroatoms. The molecular formula is C18H22N2O6S. The third kappa shape index (κ3) is 5.04. The van der Waals surface area contributed by atoms with Crippen molar-refractivity contribution in [2.45, 2.75) is 4.90 Å². The first-order valence-electron chi connectivity index (χ1n) is 8.20. The molecule has 27 heavy (non-hydrogen) atoms. The quantitative estimate of drug-likeness (QED) is 0.582. The Bertz CT molecular complexity index is 865. The number of aliphatic hydroxyl groups excluding tert-OH is 2. The second-order valence-electron chi connectivity index (χ2n) is 5.54. The van der Waals surface area contributed by atoms with E-state index >= 15 is 0 Å². The van der Waals surface area contributed by atoms with Crippen molar-refractivity contribution < 1.29 is 28.2 Å². The average Bonchev–Trinajstić information content (AvgIpc) is 2.68. The van der Waals surface area contributed by atoms with Crippen molar-refractivity contribution in [1.82, 2.24) is 4.31 Å². The van der Waals surface area contributed by atoms with Crippen molar-refractivity contribution in [2.24, 2.45) is 0 Å². The maximum Gasteiger partial charge on any atom is 0.255 e. The summed E-state index contributed by atoms with van der Waals surface area (Å²) in [4.78, 5) is 12.3. The summed E-state index contributed by atoms with van der Waals surface area (Å²) in [6, 6.07) is 12.8. The first-order valence-corrected chi connectivity index (χ1v) is 9.64. The summed E-state index contributed by atoms with van der Waals surface area (Å²) in [6.45, 7) is -1.19. The zero-order chi connectivity index (χ0) is 19.9. The number of nitrogens with zero attached hydrogens (tertiary/aromatic N) is 1. The predicted octanol–water partition coefficient (Wildman–Crippen LogP) is 0.923. The number of nitrogens with one attached hydrogen (secondary N) is 1. The Kier molecular flexibility index (Phi) is 7.31. The van der Waals surface area contributed by atoms with Crippen LogP contribution in [0.3, 0.4) is 0 Å². The normalized spacial score (nSPS) is 11.4. The molecule has 2 aromatic carbocycles. The highest BCUT2D eigenvalue weighted by atomic mass is 32.2. The molecule has 0 heterocycles. The molecule has 0 radical (unpaired) electrons. The van der Waals surface area contributed by atoms with Crippen LogP contribution in [-0.2, 0) is 10.0 Å². The third-order valence-corrected chi connectivity index (χ3v) is 5.69. The lowest BCUT2D eigenvalue weighted by Crippen LogP contribution is -2.36. The number of para-hydroxylation sites is 1. The number of methoxy groups -OCH3 is 1. The minimum atomic E-state index is -4.09. The van der Waals surface area contributed by atoms with Crippen LogP contribution in [0.2, 0.25) is 0 Å². The van der Waals surface area contributed by atoms with E-state index in [0.29, 0.717) is 5.69 Å². The first kappa shape index (κ1) is 20.8. The van der Waals surface area contributed by atoms with E-state index in [1.807, 2.05) is 6.07 Å². The lowest BCUT2D eigenvalue weighted by molar-refractivity contribution is 0.102. The summed E-state index contributed by atoms with van der Waals surface area (Å²) in [5.41, 5.74) is 0.705. The summed E-state index contributed by atoms with van der Waals surface area (Å²) < 4.78 is 31.9. The van der Waals surface area contributed by atoms with Gasteiger partial charge in [0.2, 0.25) is 10.0 Å². The summed E-state index contributed by atoms with van der Waals surface area (Å²) in [5.74, 6) is -0.414. The molecule has 1 amide bonds. The van der Waals surface area contributed by atoms with Crippen LogP contribution in [0.5, 0.6) is 5.75 Å². The van der Waals surface area contributed by atoms with E-state index < -0.39 is 29.1 Å². The van der Waals surface area contributed by atoms with Crippen LogP contribution in [0.15, 0.2) is 53.4 Å². The number of carbonyl (C=O) groups excluding carboxylic acids is 1. The molecule has 8 nitrogen and oxygen atoms in total. The molecule has 0 bridgehead atoms. The van der Waals surface area contributed by atoms with Crippen molar-refractivity contribution in [3.63, 3.8) is 0 Å². The monoisotopic (exact) mass is 394 g/mol. The summed E-state index contributed by atoms with van der Waals surface area (Å²) >= 11 is 0. The number of sulfonamides is 1. The van der Waals surface area contributed by atoms with Crippen molar-refractivity contribution in [1.29, 1.82) is 0 Å². The number of hydrogen-bond donors (Lipinski definition) is 3. The zero-order valence-electron chi connectivity index (χ0n) is 14.8. The molecule has 0 fully saturated rings. The summed E-state index contributed by atoms with van der Waals surface area (Å²) in [5, 5.41) is 20.9. The van der Waals surface area contributed by atoms with Crippen LogP contribution >= 0.6 is 0 Å². The molecule has 2 rings (SSSR count). The second kappa shape index (κ2) is 9.47. The molecule has 0 aliphatic rings. The molecule has 0 aromatic heterocycles. The number of aliphatic hydroxyl groups is 2. The Morgan fingerprint density at radius 3 is 2.26 bits per heavy atom. The van der Waals surface area contributed by atoms with Gasteiger partial charge in [-0.3, -0.25) is 4.79 Å². The van der Waals surface area contributed by atoms with Crippen molar-refractivity contribution in [3.8, 4) is 5.75 Å². The largest absolute Gasteiger partial charge is 0.495 e. The highest BCUT2D eigenvalue weighted by Gasteiger charge is 2.28. The van der Waals surface area contributed by atoms with Gasteiger partial charge in [-0.2, -0.15) is 4.31 Å². The topological polar surface area (TPSA) is 116 Å². The number of hydrogen-bond acceptors (Lipinski definition) is 6. The van der Waals surface area contributed by atoms with Crippen LogP contribution in [-0.4, -0.2) is 62.3 Å². The van der Waals surface area contributed by atoms with E-state index in [1.165, 1.54) is 25.3 Å². The van der Waals surface area contributed by atoms with Gasteiger partial charge in [-0.1, -0.05) is 18.2 Å². The van der Waals surface area contributed by atoms with Gasteiger partial charge in [0.05, 0.1) is 20.3 Å². The van der Waals surface area contributed by atoms with E-state index in [9.17, 15) is 13.2 Å². The maximum atomic E-state index is 12.9. The molecule has 3 N–H and O–H groups in total. The standard InChI is InChI=1S/C18H22N2O6S/c1-26-16-8-7-14(18(23)19-15-5-3-2-4-6-15)13-17(16)27(24,25)20(9-11-21)10-12-22/h2-8,13,21-22H,9-12H2,1H3,(H,19,23). The lowest BCUT2D eigenvalue weighted by atomic mass is 10.2. The van der Waals surface area contributed by atoms with Gasteiger partial charge in [0.1, 0.15) is 10.6 Å². The smallest absolute Gasteiger partial charge is 0.255 e. The van der Waals surface area contributed by atoms with E-state index in [1.54, 1.807) is 24.3 Å². The predicted molar refractivity (Wildman–Crippen MR) is 100 cm³/mol. The Morgan fingerprint density at radius 2 is 1.70 bits per heavy atom. The van der Waals surface area contributed by atoms with Gasteiger partial charge in [-0.15, -0.1) is 0 Å². The number of carbonyl (C=O) groups is 1. The Balaban J connectivity index is 2.40. The van der Waals surface area contributed by atoms with Gasteiger partial charge in [-0.25, -0.2) is 8.42 Å². The third-order valence-electron chi connectivity index (χ3n) is 3.77. The molecular weight excluding hydrogens is 372 g/mol. The Labute approximate surface area is 158 Å².